The van der Waals surface area contributed by atoms with Crippen molar-refractivity contribution in [1.29, 1.82) is 0 Å². The quantitative estimate of drug-likeness (QED) is 0.873. The lowest BCUT2D eigenvalue weighted by Crippen LogP contribution is -2.47. The van der Waals surface area contributed by atoms with Crippen molar-refractivity contribution in [2.45, 2.75) is 44.6 Å². The molecule has 4 heteroatoms. The van der Waals surface area contributed by atoms with Gasteiger partial charge in [0.25, 0.3) is 0 Å². The van der Waals surface area contributed by atoms with E-state index in [0.717, 1.165) is 38.4 Å². The molecule has 4 nitrogen and oxygen atoms in total. The lowest BCUT2D eigenvalue weighted by atomic mass is 10.1. The molecule has 0 bridgehead atoms. The Morgan fingerprint density at radius 1 is 1.41 bits per heavy atom. The maximum Gasteiger partial charge on any atom is 0.183 e. The second kappa shape index (κ2) is 4.44. The zero-order chi connectivity index (χ0) is 11.7. The molecule has 1 atom stereocenters. The largest absolute Gasteiger partial charge is 0.469 e. The van der Waals surface area contributed by atoms with Crippen LogP contribution in [0.25, 0.3) is 0 Å². The lowest BCUT2D eigenvalue weighted by Gasteiger charge is -2.30. The van der Waals surface area contributed by atoms with Crippen molar-refractivity contribution in [2.75, 3.05) is 13.2 Å². The van der Waals surface area contributed by atoms with Crippen LogP contribution in [0.3, 0.4) is 0 Å². The summed E-state index contributed by atoms with van der Waals surface area (Å²) in [5.41, 5.74) is 1.21. The molecule has 0 aromatic carbocycles. The van der Waals surface area contributed by atoms with Crippen molar-refractivity contribution in [3.63, 3.8) is 0 Å². The number of furan rings is 1. The first-order valence-electron chi connectivity index (χ1n) is 6.34. The normalized spacial score (nSPS) is 27.0. The summed E-state index contributed by atoms with van der Waals surface area (Å²) in [5.74, 6) is 0.635. The minimum atomic E-state index is -0.350. The summed E-state index contributed by atoms with van der Waals surface area (Å²) in [6.45, 7) is 4.26. The molecule has 1 saturated heterocycles. The Balaban J connectivity index is 1.63. The van der Waals surface area contributed by atoms with Gasteiger partial charge in [-0.1, -0.05) is 0 Å². The summed E-state index contributed by atoms with van der Waals surface area (Å²) < 4.78 is 16.9. The number of nitrogens with one attached hydrogen (secondary N) is 1. The van der Waals surface area contributed by atoms with Gasteiger partial charge in [-0.25, -0.2) is 0 Å². The first kappa shape index (κ1) is 11.3. The van der Waals surface area contributed by atoms with Crippen LogP contribution in [0.1, 0.15) is 30.6 Å². The van der Waals surface area contributed by atoms with E-state index in [9.17, 15) is 0 Å². The van der Waals surface area contributed by atoms with Crippen molar-refractivity contribution >= 4 is 0 Å². The highest BCUT2D eigenvalue weighted by atomic mass is 16.7. The van der Waals surface area contributed by atoms with E-state index < -0.39 is 0 Å². The number of ether oxygens (including phenoxy) is 2. The third-order valence-electron chi connectivity index (χ3n) is 3.83. The molecule has 1 aromatic heterocycles. The van der Waals surface area contributed by atoms with E-state index >= 15 is 0 Å². The van der Waals surface area contributed by atoms with Crippen molar-refractivity contribution in [1.82, 2.24) is 5.32 Å². The Bertz CT molecular complexity index is 376. The predicted molar refractivity (Wildman–Crippen MR) is 62.6 cm³/mol. The molecule has 2 aliphatic rings. The fourth-order valence-corrected chi connectivity index (χ4v) is 2.85. The minimum absolute atomic E-state index is 0.305. The predicted octanol–water partition coefficient (Wildman–Crippen LogP) is 1.97. The first-order valence-corrected chi connectivity index (χ1v) is 6.34. The van der Waals surface area contributed by atoms with E-state index in [1.54, 1.807) is 6.26 Å². The van der Waals surface area contributed by atoms with E-state index in [-0.39, 0.29) is 5.79 Å². The summed E-state index contributed by atoms with van der Waals surface area (Å²) in [6.07, 6.45) is 5.04. The molecule has 1 unspecified atom stereocenters. The molecule has 1 aliphatic carbocycles. The van der Waals surface area contributed by atoms with Crippen LogP contribution in [0.5, 0.6) is 0 Å². The van der Waals surface area contributed by atoms with E-state index in [4.69, 9.17) is 13.9 Å². The topological polar surface area (TPSA) is 43.6 Å². The van der Waals surface area contributed by atoms with Gasteiger partial charge in [0.2, 0.25) is 0 Å². The monoisotopic (exact) mass is 237 g/mol. The maximum atomic E-state index is 5.81. The summed E-state index contributed by atoms with van der Waals surface area (Å²) >= 11 is 0. The number of hydrogen-bond donors (Lipinski definition) is 1. The van der Waals surface area contributed by atoms with Gasteiger partial charge in [-0.3, -0.25) is 0 Å². The fourth-order valence-electron chi connectivity index (χ4n) is 2.85. The molecule has 1 aromatic rings. The van der Waals surface area contributed by atoms with Crippen molar-refractivity contribution in [2.24, 2.45) is 0 Å². The van der Waals surface area contributed by atoms with Gasteiger partial charge in [0.1, 0.15) is 5.76 Å². The summed E-state index contributed by atoms with van der Waals surface area (Å²) in [4.78, 5) is 0. The van der Waals surface area contributed by atoms with Crippen LogP contribution in [0.2, 0.25) is 0 Å². The van der Waals surface area contributed by atoms with Crippen LogP contribution in [0, 0.1) is 6.92 Å². The molecular weight excluding hydrogens is 218 g/mol. The third-order valence-corrected chi connectivity index (χ3v) is 3.83. The molecule has 0 amide bonds. The van der Waals surface area contributed by atoms with E-state index in [1.807, 2.05) is 13.0 Å². The van der Waals surface area contributed by atoms with E-state index in [1.165, 1.54) is 12.0 Å². The Labute approximate surface area is 101 Å². The molecule has 1 spiro atoms. The SMILES string of the molecule is Cc1occc1CNC1CCCC12OCCO2. The van der Waals surface area contributed by atoms with Crippen LogP contribution in [-0.2, 0) is 16.0 Å². The lowest BCUT2D eigenvalue weighted by molar-refractivity contribution is -0.166. The zero-order valence-electron chi connectivity index (χ0n) is 10.2. The van der Waals surface area contributed by atoms with Crippen molar-refractivity contribution in [3.05, 3.63) is 23.7 Å². The van der Waals surface area contributed by atoms with Gasteiger partial charge >= 0.3 is 0 Å². The van der Waals surface area contributed by atoms with Crippen LogP contribution >= 0.6 is 0 Å². The van der Waals surface area contributed by atoms with E-state index in [2.05, 4.69) is 5.32 Å². The van der Waals surface area contributed by atoms with E-state index in [0.29, 0.717) is 6.04 Å². The molecule has 1 aliphatic heterocycles. The highest BCUT2D eigenvalue weighted by molar-refractivity contribution is 5.15. The molecule has 2 heterocycles. The average Bonchev–Trinajstić information content (AvgIpc) is 3.02. The third kappa shape index (κ3) is 2.01. The molecule has 3 rings (SSSR count). The van der Waals surface area contributed by atoms with Gasteiger partial charge in [-0.15, -0.1) is 0 Å². The molecule has 1 N–H and O–H groups in total. The number of hydrogen-bond acceptors (Lipinski definition) is 4. The van der Waals surface area contributed by atoms with Crippen LogP contribution in [0.4, 0.5) is 0 Å². The molecular formula is C13H19NO3. The molecule has 94 valence electrons. The summed E-state index contributed by atoms with van der Waals surface area (Å²) in [7, 11) is 0. The fraction of sp³-hybridized carbons (Fsp3) is 0.692. The van der Waals surface area contributed by atoms with Gasteiger partial charge in [0.05, 0.1) is 25.5 Å². The Hall–Kier alpha value is -0.840. The first-order chi connectivity index (χ1) is 8.30. The highest BCUT2D eigenvalue weighted by Gasteiger charge is 2.47. The average molecular weight is 237 g/mol. The maximum absolute atomic E-state index is 5.81. The Kier molecular flexibility index (Phi) is 2.94. The van der Waals surface area contributed by atoms with Crippen molar-refractivity contribution < 1.29 is 13.9 Å². The highest BCUT2D eigenvalue weighted by Crippen LogP contribution is 2.37. The minimum Gasteiger partial charge on any atom is -0.469 e. The second-order valence-corrected chi connectivity index (χ2v) is 4.84. The Morgan fingerprint density at radius 3 is 2.94 bits per heavy atom. The van der Waals surface area contributed by atoms with Crippen LogP contribution in [0.15, 0.2) is 16.7 Å². The molecule has 17 heavy (non-hydrogen) atoms. The number of rotatable bonds is 3. The Morgan fingerprint density at radius 2 is 2.24 bits per heavy atom. The van der Waals surface area contributed by atoms with Crippen molar-refractivity contribution in [3.8, 4) is 0 Å². The smallest absolute Gasteiger partial charge is 0.183 e. The molecule has 1 saturated carbocycles. The molecule has 2 fully saturated rings. The van der Waals surface area contributed by atoms with Gasteiger partial charge < -0.3 is 19.2 Å². The summed E-state index contributed by atoms with van der Waals surface area (Å²) in [6, 6.07) is 2.32. The summed E-state index contributed by atoms with van der Waals surface area (Å²) in [5, 5.41) is 3.55. The van der Waals surface area contributed by atoms with Crippen LogP contribution in [-0.4, -0.2) is 25.0 Å². The van der Waals surface area contributed by atoms with Gasteiger partial charge in [-0.05, 0) is 25.8 Å². The van der Waals surface area contributed by atoms with Gasteiger partial charge in [0, 0.05) is 18.5 Å². The van der Waals surface area contributed by atoms with Gasteiger partial charge in [0.15, 0.2) is 5.79 Å². The molecule has 0 radical (unpaired) electrons. The standard InChI is InChI=1S/C13H19NO3/c1-10-11(4-6-15-10)9-14-12-3-2-5-13(12)16-7-8-17-13/h4,6,12,14H,2-3,5,7-9H2,1H3. The van der Waals surface area contributed by atoms with Gasteiger partial charge in [-0.2, -0.15) is 0 Å². The number of aryl methyl sites for hydroxylation is 1. The zero-order valence-corrected chi connectivity index (χ0v) is 10.2. The second-order valence-electron chi connectivity index (χ2n) is 4.84. The van der Waals surface area contributed by atoms with Crippen LogP contribution < -0.4 is 5.32 Å².